The summed E-state index contributed by atoms with van der Waals surface area (Å²) in [5, 5.41) is 3.55. The molecule has 0 atom stereocenters. The summed E-state index contributed by atoms with van der Waals surface area (Å²) < 4.78 is 0. The van der Waals surface area contributed by atoms with Crippen molar-refractivity contribution in [3.05, 3.63) is 0 Å². The first-order valence-corrected chi connectivity index (χ1v) is 8.53. The molecular weight excluding hydrogens is 228 g/mol. The highest BCUT2D eigenvalue weighted by atomic mass is 32.2. The molecule has 0 aromatic carbocycles. The second kappa shape index (κ2) is 10.2. The molecule has 3 heteroatoms. The quantitative estimate of drug-likeness (QED) is 0.607. The van der Waals surface area contributed by atoms with Crippen molar-refractivity contribution in [3.8, 4) is 0 Å². The Labute approximate surface area is 112 Å². The zero-order valence-corrected chi connectivity index (χ0v) is 12.5. The number of likely N-dealkylation sites (N-methyl/N-ethyl adjacent to an activating group) is 1. The molecule has 0 spiro atoms. The molecule has 1 saturated carbocycles. The van der Waals surface area contributed by atoms with Crippen LogP contribution < -0.4 is 5.32 Å². The summed E-state index contributed by atoms with van der Waals surface area (Å²) >= 11 is 2.14. The summed E-state index contributed by atoms with van der Waals surface area (Å²) in [6, 6.07) is 0. The molecule has 0 heterocycles. The molecule has 1 fully saturated rings. The summed E-state index contributed by atoms with van der Waals surface area (Å²) in [4.78, 5) is 2.47. The Morgan fingerprint density at radius 3 is 2.47 bits per heavy atom. The van der Waals surface area contributed by atoms with Crippen LogP contribution in [-0.2, 0) is 0 Å². The molecule has 0 aromatic rings. The SMILES string of the molecule is CCN(CC)CCNCCSCC1CCCC1. The summed E-state index contributed by atoms with van der Waals surface area (Å²) in [5.74, 6) is 3.72. The first-order chi connectivity index (χ1) is 8.36. The average Bonchev–Trinajstić information content (AvgIpc) is 2.86. The Morgan fingerprint density at radius 2 is 1.82 bits per heavy atom. The van der Waals surface area contributed by atoms with Gasteiger partial charge in [-0.05, 0) is 37.6 Å². The van der Waals surface area contributed by atoms with Gasteiger partial charge in [0.25, 0.3) is 0 Å². The topological polar surface area (TPSA) is 15.3 Å². The highest BCUT2D eigenvalue weighted by Crippen LogP contribution is 2.27. The van der Waals surface area contributed by atoms with Crippen LogP contribution >= 0.6 is 11.8 Å². The Kier molecular flexibility index (Phi) is 9.21. The molecule has 2 nitrogen and oxygen atoms in total. The zero-order chi connectivity index (χ0) is 12.3. The van der Waals surface area contributed by atoms with E-state index >= 15 is 0 Å². The summed E-state index contributed by atoms with van der Waals surface area (Å²) in [5.41, 5.74) is 0. The molecule has 0 aromatic heterocycles. The maximum absolute atomic E-state index is 3.55. The number of hydrogen-bond donors (Lipinski definition) is 1. The Bertz CT molecular complexity index is 160. The van der Waals surface area contributed by atoms with Crippen LogP contribution in [0.5, 0.6) is 0 Å². The predicted molar refractivity (Wildman–Crippen MR) is 79.9 cm³/mol. The molecule has 0 saturated heterocycles. The van der Waals surface area contributed by atoms with Gasteiger partial charge in [0.15, 0.2) is 0 Å². The van der Waals surface area contributed by atoms with Crippen LogP contribution in [0.1, 0.15) is 39.5 Å². The van der Waals surface area contributed by atoms with E-state index in [0.29, 0.717) is 0 Å². The third kappa shape index (κ3) is 7.32. The Hall–Kier alpha value is 0.270. The Balaban J connectivity index is 1.80. The van der Waals surface area contributed by atoms with Gasteiger partial charge in [0, 0.05) is 25.4 Å². The minimum Gasteiger partial charge on any atom is -0.315 e. The van der Waals surface area contributed by atoms with Gasteiger partial charge in [0.05, 0.1) is 0 Å². The lowest BCUT2D eigenvalue weighted by Crippen LogP contribution is -2.32. The minimum absolute atomic E-state index is 1.04. The second-order valence-corrected chi connectivity index (χ2v) is 6.15. The normalized spacial score (nSPS) is 17.1. The third-order valence-corrected chi connectivity index (χ3v) is 4.95. The molecule has 1 aliphatic rings. The number of thioether (sulfide) groups is 1. The van der Waals surface area contributed by atoms with Crippen molar-refractivity contribution in [2.75, 3.05) is 44.2 Å². The number of rotatable bonds is 10. The number of nitrogens with zero attached hydrogens (tertiary/aromatic N) is 1. The fraction of sp³-hybridized carbons (Fsp3) is 1.00. The number of nitrogens with one attached hydrogen (secondary N) is 1. The lowest BCUT2D eigenvalue weighted by Gasteiger charge is -2.18. The van der Waals surface area contributed by atoms with Gasteiger partial charge in [-0.25, -0.2) is 0 Å². The maximum Gasteiger partial charge on any atom is 0.0107 e. The van der Waals surface area contributed by atoms with Crippen LogP contribution in [0.2, 0.25) is 0 Å². The largest absolute Gasteiger partial charge is 0.315 e. The number of hydrogen-bond acceptors (Lipinski definition) is 3. The van der Waals surface area contributed by atoms with Crippen LogP contribution in [-0.4, -0.2) is 49.1 Å². The lowest BCUT2D eigenvalue weighted by atomic mass is 10.1. The van der Waals surface area contributed by atoms with Gasteiger partial charge >= 0.3 is 0 Å². The lowest BCUT2D eigenvalue weighted by molar-refractivity contribution is 0.303. The molecule has 0 radical (unpaired) electrons. The van der Waals surface area contributed by atoms with Gasteiger partial charge in [0.1, 0.15) is 0 Å². The Morgan fingerprint density at radius 1 is 1.12 bits per heavy atom. The van der Waals surface area contributed by atoms with Crippen LogP contribution in [0.3, 0.4) is 0 Å². The molecule has 0 aliphatic heterocycles. The second-order valence-electron chi connectivity index (χ2n) is 5.00. The fourth-order valence-electron chi connectivity index (χ4n) is 2.47. The van der Waals surface area contributed by atoms with Crippen molar-refractivity contribution in [3.63, 3.8) is 0 Å². The van der Waals surface area contributed by atoms with Crippen molar-refractivity contribution in [1.29, 1.82) is 0 Å². The van der Waals surface area contributed by atoms with E-state index in [1.165, 1.54) is 63.4 Å². The van der Waals surface area contributed by atoms with E-state index in [-0.39, 0.29) is 0 Å². The smallest absolute Gasteiger partial charge is 0.0107 e. The predicted octanol–water partition coefficient (Wildman–Crippen LogP) is 2.84. The molecule has 0 amide bonds. The molecule has 0 unspecified atom stereocenters. The molecular formula is C14H30N2S. The zero-order valence-electron chi connectivity index (χ0n) is 11.7. The first-order valence-electron chi connectivity index (χ1n) is 7.37. The molecule has 17 heavy (non-hydrogen) atoms. The van der Waals surface area contributed by atoms with E-state index in [1.807, 2.05) is 0 Å². The summed E-state index contributed by atoms with van der Waals surface area (Å²) in [6.45, 7) is 10.3. The van der Waals surface area contributed by atoms with Gasteiger partial charge in [-0.2, -0.15) is 11.8 Å². The van der Waals surface area contributed by atoms with Gasteiger partial charge in [-0.1, -0.05) is 26.7 Å². The minimum atomic E-state index is 1.04. The summed E-state index contributed by atoms with van der Waals surface area (Å²) in [6.07, 6.45) is 5.94. The van der Waals surface area contributed by atoms with Crippen molar-refractivity contribution < 1.29 is 0 Å². The van der Waals surface area contributed by atoms with E-state index in [0.717, 1.165) is 12.5 Å². The van der Waals surface area contributed by atoms with Crippen LogP contribution in [0, 0.1) is 5.92 Å². The van der Waals surface area contributed by atoms with Gasteiger partial charge in [-0.15, -0.1) is 0 Å². The summed E-state index contributed by atoms with van der Waals surface area (Å²) in [7, 11) is 0. The van der Waals surface area contributed by atoms with Crippen molar-refractivity contribution >= 4 is 11.8 Å². The van der Waals surface area contributed by atoms with Gasteiger partial charge in [0.2, 0.25) is 0 Å². The van der Waals surface area contributed by atoms with E-state index in [1.54, 1.807) is 0 Å². The van der Waals surface area contributed by atoms with E-state index in [9.17, 15) is 0 Å². The highest BCUT2D eigenvalue weighted by Gasteiger charge is 2.14. The molecule has 0 bridgehead atoms. The maximum atomic E-state index is 3.55. The van der Waals surface area contributed by atoms with Crippen molar-refractivity contribution in [2.24, 2.45) is 5.92 Å². The fourth-order valence-corrected chi connectivity index (χ4v) is 3.60. The van der Waals surface area contributed by atoms with Crippen molar-refractivity contribution in [1.82, 2.24) is 10.2 Å². The third-order valence-electron chi connectivity index (χ3n) is 3.75. The molecule has 1 aliphatic carbocycles. The van der Waals surface area contributed by atoms with Crippen molar-refractivity contribution in [2.45, 2.75) is 39.5 Å². The molecule has 1 rings (SSSR count). The van der Waals surface area contributed by atoms with E-state index in [4.69, 9.17) is 0 Å². The highest BCUT2D eigenvalue weighted by molar-refractivity contribution is 7.99. The van der Waals surface area contributed by atoms with Crippen LogP contribution in [0.25, 0.3) is 0 Å². The van der Waals surface area contributed by atoms with E-state index in [2.05, 4.69) is 35.8 Å². The first kappa shape index (κ1) is 15.3. The van der Waals surface area contributed by atoms with E-state index < -0.39 is 0 Å². The monoisotopic (exact) mass is 258 g/mol. The van der Waals surface area contributed by atoms with Gasteiger partial charge < -0.3 is 10.2 Å². The van der Waals surface area contributed by atoms with Crippen LogP contribution in [0.15, 0.2) is 0 Å². The van der Waals surface area contributed by atoms with Gasteiger partial charge in [-0.3, -0.25) is 0 Å². The standard InChI is InChI=1S/C14H30N2S/c1-3-16(4-2)11-9-15-10-12-17-13-14-7-5-6-8-14/h14-15H,3-13H2,1-2H3. The van der Waals surface area contributed by atoms with Crippen LogP contribution in [0.4, 0.5) is 0 Å². The average molecular weight is 258 g/mol. The molecule has 102 valence electrons. The molecule has 1 N–H and O–H groups in total.